The first-order valence-corrected chi connectivity index (χ1v) is 5.90. The molecule has 0 atom stereocenters. The number of nitro groups is 1. The minimum Gasteiger partial charge on any atom is -0.364 e. The summed E-state index contributed by atoms with van der Waals surface area (Å²) in [6.07, 6.45) is 2.45. The van der Waals surface area contributed by atoms with Gasteiger partial charge in [-0.05, 0) is 19.1 Å². The van der Waals surface area contributed by atoms with E-state index in [0.717, 1.165) is 17.8 Å². The number of rotatable bonds is 5. The number of anilines is 1. The third-order valence-electron chi connectivity index (χ3n) is 2.81. The Labute approximate surface area is 110 Å². The van der Waals surface area contributed by atoms with Crippen LogP contribution in [-0.2, 0) is 13.5 Å². The maximum atomic E-state index is 10.9. The molecule has 0 saturated heterocycles. The first kappa shape index (κ1) is 13.0. The summed E-state index contributed by atoms with van der Waals surface area (Å²) in [5.41, 5.74) is 1.80. The number of hydrogen-bond donors (Lipinski definition) is 1. The van der Waals surface area contributed by atoms with Crippen molar-refractivity contribution >= 4 is 11.5 Å². The smallest absolute Gasteiger partial charge is 0.311 e. The van der Waals surface area contributed by atoms with Crippen molar-refractivity contribution in [3.8, 4) is 0 Å². The fourth-order valence-corrected chi connectivity index (χ4v) is 1.78. The zero-order valence-corrected chi connectivity index (χ0v) is 10.8. The quantitative estimate of drug-likeness (QED) is 0.653. The first-order valence-electron chi connectivity index (χ1n) is 5.90. The molecule has 0 fully saturated rings. The topological polar surface area (TPSA) is 85.9 Å². The van der Waals surface area contributed by atoms with Crippen molar-refractivity contribution in [2.75, 3.05) is 11.9 Å². The van der Waals surface area contributed by atoms with Crippen LogP contribution in [0.4, 0.5) is 11.5 Å². The Morgan fingerprint density at radius 1 is 1.42 bits per heavy atom. The lowest BCUT2D eigenvalue weighted by molar-refractivity contribution is -0.384. The van der Waals surface area contributed by atoms with Gasteiger partial charge in [0, 0.05) is 43.7 Å². The van der Waals surface area contributed by atoms with E-state index in [1.807, 2.05) is 13.1 Å². The van der Waals surface area contributed by atoms with Gasteiger partial charge in [0.05, 0.1) is 4.92 Å². The number of nitrogens with one attached hydrogen (secondary N) is 1. The highest BCUT2D eigenvalue weighted by Gasteiger charge is 2.14. The molecule has 2 aromatic rings. The maximum absolute atomic E-state index is 10.9. The molecule has 0 bridgehead atoms. The largest absolute Gasteiger partial charge is 0.364 e. The molecule has 0 saturated carbocycles. The molecule has 19 heavy (non-hydrogen) atoms. The van der Waals surface area contributed by atoms with Crippen molar-refractivity contribution in [3.63, 3.8) is 0 Å². The monoisotopic (exact) mass is 261 g/mol. The molecular formula is C12H15N5O2. The second-order valence-corrected chi connectivity index (χ2v) is 4.20. The molecule has 7 heteroatoms. The van der Waals surface area contributed by atoms with Crippen molar-refractivity contribution in [2.45, 2.75) is 13.3 Å². The van der Waals surface area contributed by atoms with Gasteiger partial charge in [0.1, 0.15) is 0 Å². The molecular weight excluding hydrogens is 246 g/mol. The van der Waals surface area contributed by atoms with Crippen LogP contribution in [0.3, 0.4) is 0 Å². The van der Waals surface area contributed by atoms with Crippen LogP contribution in [0.5, 0.6) is 0 Å². The van der Waals surface area contributed by atoms with Gasteiger partial charge in [0.15, 0.2) is 0 Å². The molecule has 1 N–H and O–H groups in total. The number of hydrogen-bond acceptors (Lipinski definition) is 5. The van der Waals surface area contributed by atoms with E-state index >= 15 is 0 Å². The molecule has 2 rings (SSSR count). The van der Waals surface area contributed by atoms with Gasteiger partial charge in [-0.1, -0.05) is 0 Å². The molecule has 100 valence electrons. The first-order chi connectivity index (χ1) is 9.08. The summed E-state index contributed by atoms with van der Waals surface area (Å²) in [6, 6.07) is 5.01. The molecule has 0 aliphatic rings. The van der Waals surface area contributed by atoms with Crippen LogP contribution >= 0.6 is 0 Å². The standard InChI is InChI=1S/C12H15N5O2/c1-9-3-4-11(17(18)19)12(15-9)13-7-5-10-6-8-14-16(10)2/h3-4,6,8H,5,7H2,1-2H3,(H,13,15). The zero-order valence-electron chi connectivity index (χ0n) is 10.8. The van der Waals surface area contributed by atoms with E-state index in [2.05, 4.69) is 15.4 Å². The lowest BCUT2D eigenvalue weighted by Crippen LogP contribution is -2.11. The average Bonchev–Trinajstić information content (AvgIpc) is 2.75. The molecule has 2 heterocycles. The summed E-state index contributed by atoms with van der Waals surface area (Å²) in [5, 5.41) is 18.0. The van der Waals surface area contributed by atoms with Crippen LogP contribution in [0.1, 0.15) is 11.4 Å². The SMILES string of the molecule is Cc1ccc([N+](=O)[O-])c(NCCc2ccnn2C)n1. The number of aromatic nitrogens is 3. The fourth-order valence-electron chi connectivity index (χ4n) is 1.78. The predicted molar refractivity (Wildman–Crippen MR) is 71.0 cm³/mol. The van der Waals surface area contributed by atoms with Gasteiger partial charge in [-0.25, -0.2) is 4.98 Å². The Kier molecular flexibility index (Phi) is 3.74. The lowest BCUT2D eigenvalue weighted by Gasteiger charge is -2.07. The Morgan fingerprint density at radius 3 is 2.84 bits per heavy atom. The normalized spacial score (nSPS) is 10.4. The van der Waals surface area contributed by atoms with E-state index in [4.69, 9.17) is 0 Å². The summed E-state index contributed by atoms with van der Waals surface area (Å²) < 4.78 is 1.78. The van der Waals surface area contributed by atoms with Crippen LogP contribution in [0.25, 0.3) is 0 Å². The molecule has 0 unspecified atom stereocenters. The van der Waals surface area contributed by atoms with E-state index in [1.54, 1.807) is 23.9 Å². The Morgan fingerprint density at radius 2 is 2.21 bits per heavy atom. The highest BCUT2D eigenvalue weighted by molar-refractivity contribution is 5.56. The molecule has 0 aromatic carbocycles. The lowest BCUT2D eigenvalue weighted by atomic mass is 10.3. The molecule has 7 nitrogen and oxygen atoms in total. The van der Waals surface area contributed by atoms with Crippen molar-refractivity contribution < 1.29 is 4.92 Å². The molecule has 0 aliphatic carbocycles. The van der Waals surface area contributed by atoms with Crippen molar-refractivity contribution in [2.24, 2.45) is 7.05 Å². The van der Waals surface area contributed by atoms with E-state index in [1.165, 1.54) is 6.07 Å². The summed E-state index contributed by atoms with van der Waals surface area (Å²) >= 11 is 0. The van der Waals surface area contributed by atoms with Gasteiger partial charge in [0.25, 0.3) is 0 Å². The molecule has 0 aliphatic heterocycles. The number of pyridine rings is 1. The van der Waals surface area contributed by atoms with E-state index < -0.39 is 4.92 Å². The Bertz CT molecular complexity index is 594. The second kappa shape index (κ2) is 5.47. The third kappa shape index (κ3) is 3.06. The second-order valence-electron chi connectivity index (χ2n) is 4.20. The Hall–Kier alpha value is -2.44. The summed E-state index contributed by atoms with van der Waals surface area (Å²) in [4.78, 5) is 14.6. The van der Waals surface area contributed by atoms with Crippen LogP contribution in [-0.4, -0.2) is 26.2 Å². The van der Waals surface area contributed by atoms with Crippen LogP contribution in [0.15, 0.2) is 24.4 Å². The predicted octanol–water partition coefficient (Wildman–Crippen LogP) is 1.69. The zero-order chi connectivity index (χ0) is 13.8. The highest BCUT2D eigenvalue weighted by Crippen LogP contribution is 2.21. The van der Waals surface area contributed by atoms with Gasteiger partial charge in [0.2, 0.25) is 5.82 Å². The van der Waals surface area contributed by atoms with Crippen molar-refractivity contribution in [3.05, 3.63) is 45.9 Å². The highest BCUT2D eigenvalue weighted by atomic mass is 16.6. The number of nitrogens with zero attached hydrogens (tertiary/aromatic N) is 4. The van der Waals surface area contributed by atoms with Crippen LogP contribution in [0, 0.1) is 17.0 Å². The molecule has 0 amide bonds. The van der Waals surface area contributed by atoms with Gasteiger partial charge in [-0.2, -0.15) is 5.10 Å². The van der Waals surface area contributed by atoms with E-state index in [9.17, 15) is 10.1 Å². The van der Waals surface area contributed by atoms with Gasteiger partial charge in [-0.15, -0.1) is 0 Å². The molecule has 0 spiro atoms. The third-order valence-corrected chi connectivity index (χ3v) is 2.81. The Balaban J connectivity index is 2.05. The molecule has 2 aromatic heterocycles. The minimum atomic E-state index is -0.432. The van der Waals surface area contributed by atoms with Gasteiger partial charge < -0.3 is 5.32 Å². The number of aryl methyl sites for hydroxylation is 2. The molecule has 0 radical (unpaired) electrons. The minimum absolute atomic E-state index is 0.00407. The van der Waals surface area contributed by atoms with E-state index in [-0.39, 0.29) is 5.69 Å². The van der Waals surface area contributed by atoms with Crippen LogP contribution < -0.4 is 5.32 Å². The van der Waals surface area contributed by atoms with Crippen LogP contribution in [0.2, 0.25) is 0 Å². The van der Waals surface area contributed by atoms with Gasteiger partial charge in [-0.3, -0.25) is 14.8 Å². The maximum Gasteiger partial charge on any atom is 0.311 e. The van der Waals surface area contributed by atoms with Crippen molar-refractivity contribution in [1.29, 1.82) is 0 Å². The van der Waals surface area contributed by atoms with E-state index in [0.29, 0.717) is 12.4 Å². The summed E-state index contributed by atoms with van der Waals surface area (Å²) in [5.74, 6) is 0.312. The summed E-state index contributed by atoms with van der Waals surface area (Å²) in [7, 11) is 1.86. The average molecular weight is 261 g/mol. The fraction of sp³-hybridized carbons (Fsp3) is 0.333. The summed E-state index contributed by atoms with van der Waals surface area (Å²) in [6.45, 7) is 2.37. The van der Waals surface area contributed by atoms with Crippen molar-refractivity contribution in [1.82, 2.24) is 14.8 Å². The van der Waals surface area contributed by atoms with Gasteiger partial charge >= 0.3 is 5.69 Å².